The van der Waals surface area contributed by atoms with Gasteiger partial charge in [0.1, 0.15) is 0 Å². The summed E-state index contributed by atoms with van der Waals surface area (Å²) in [6.45, 7) is 5.65. The van der Waals surface area contributed by atoms with E-state index in [-0.39, 0.29) is 0 Å². The zero-order chi connectivity index (χ0) is 12.4. The molecule has 1 aliphatic carbocycles. The number of imidazole rings is 1. The minimum absolute atomic E-state index is 0.959. The second kappa shape index (κ2) is 5.43. The molecule has 0 saturated heterocycles. The highest BCUT2D eigenvalue weighted by Crippen LogP contribution is 2.30. The summed E-state index contributed by atoms with van der Waals surface area (Å²) in [4.78, 5) is 4.53. The quantitative estimate of drug-likeness (QED) is 0.890. The molecule has 0 spiro atoms. The lowest BCUT2D eigenvalue weighted by Crippen LogP contribution is -2.25. The van der Waals surface area contributed by atoms with E-state index in [2.05, 4.69) is 28.1 Å². The average molecular weight is 247 g/mol. The topological polar surface area (TPSA) is 29.9 Å². The maximum Gasteiger partial charge on any atom is 0.0952 e. The van der Waals surface area contributed by atoms with E-state index in [0.717, 1.165) is 31.3 Å². The van der Waals surface area contributed by atoms with E-state index in [1.54, 1.807) is 0 Å². The van der Waals surface area contributed by atoms with Crippen molar-refractivity contribution in [3.8, 4) is 0 Å². The third kappa shape index (κ3) is 2.61. The first kappa shape index (κ1) is 12.2. The number of rotatable bonds is 3. The SMILES string of the molecule is CC1CCC(CCn2cnc3c2CCNC3)CC1. The molecule has 0 atom stereocenters. The molecule has 2 heterocycles. The summed E-state index contributed by atoms with van der Waals surface area (Å²) in [7, 11) is 0. The van der Waals surface area contributed by atoms with Crippen molar-refractivity contribution in [2.75, 3.05) is 6.54 Å². The number of fused-ring (bicyclic) bond motifs is 1. The Bertz CT molecular complexity index is 388. The monoisotopic (exact) mass is 247 g/mol. The lowest BCUT2D eigenvalue weighted by molar-refractivity contribution is 0.268. The fourth-order valence-electron chi connectivity index (χ4n) is 3.43. The fourth-order valence-corrected chi connectivity index (χ4v) is 3.43. The van der Waals surface area contributed by atoms with Crippen LogP contribution in [-0.2, 0) is 19.5 Å². The molecule has 18 heavy (non-hydrogen) atoms. The van der Waals surface area contributed by atoms with Gasteiger partial charge in [-0.05, 0) is 18.3 Å². The maximum atomic E-state index is 4.53. The number of nitrogens with one attached hydrogen (secondary N) is 1. The summed E-state index contributed by atoms with van der Waals surface area (Å²) >= 11 is 0. The lowest BCUT2D eigenvalue weighted by atomic mass is 9.81. The Balaban J connectivity index is 1.55. The first-order chi connectivity index (χ1) is 8.83. The van der Waals surface area contributed by atoms with E-state index in [1.165, 1.54) is 50.0 Å². The highest BCUT2D eigenvalue weighted by molar-refractivity contribution is 5.16. The maximum absolute atomic E-state index is 4.53. The van der Waals surface area contributed by atoms with Crippen molar-refractivity contribution in [3.05, 3.63) is 17.7 Å². The Hall–Kier alpha value is -0.830. The van der Waals surface area contributed by atoms with Gasteiger partial charge in [0.05, 0.1) is 12.0 Å². The molecular weight excluding hydrogens is 222 g/mol. The molecule has 100 valence electrons. The van der Waals surface area contributed by atoms with Gasteiger partial charge in [0, 0.05) is 31.7 Å². The highest BCUT2D eigenvalue weighted by Gasteiger charge is 2.19. The fraction of sp³-hybridized carbons (Fsp3) is 0.800. The van der Waals surface area contributed by atoms with Gasteiger partial charge in [-0.15, -0.1) is 0 Å². The van der Waals surface area contributed by atoms with Crippen LogP contribution in [0.1, 0.15) is 50.4 Å². The third-order valence-corrected chi connectivity index (χ3v) is 4.78. The smallest absolute Gasteiger partial charge is 0.0952 e. The van der Waals surface area contributed by atoms with Gasteiger partial charge in [-0.2, -0.15) is 0 Å². The molecule has 1 fully saturated rings. The van der Waals surface area contributed by atoms with Gasteiger partial charge in [-0.1, -0.05) is 32.6 Å². The molecule has 2 aliphatic rings. The summed E-state index contributed by atoms with van der Waals surface area (Å²) in [5.74, 6) is 1.93. The van der Waals surface area contributed by atoms with Gasteiger partial charge in [0.15, 0.2) is 0 Å². The van der Waals surface area contributed by atoms with E-state index in [9.17, 15) is 0 Å². The minimum Gasteiger partial charge on any atom is -0.334 e. The Morgan fingerprint density at radius 3 is 3.00 bits per heavy atom. The van der Waals surface area contributed by atoms with Gasteiger partial charge < -0.3 is 9.88 Å². The largest absolute Gasteiger partial charge is 0.334 e. The number of hydrogen-bond acceptors (Lipinski definition) is 2. The zero-order valence-corrected chi connectivity index (χ0v) is 11.5. The molecule has 0 aromatic carbocycles. The average Bonchev–Trinajstić information content (AvgIpc) is 2.82. The second-order valence-corrected chi connectivity index (χ2v) is 6.17. The van der Waals surface area contributed by atoms with Gasteiger partial charge in [-0.25, -0.2) is 4.98 Å². The van der Waals surface area contributed by atoms with Gasteiger partial charge in [-0.3, -0.25) is 0 Å². The Labute approximate surface area is 110 Å². The van der Waals surface area contributed by atoms with E-state index in [1.807, 2.05) is 0 Å². The van der Waals surface area contributed by atoms with Crippen LogP contribution in [0.5, 0.6) is 0 Å². The van der Waals surface area contributed by atoms with Crippen LogP contribution in [0.3, 0.4) is 0 Å². The van der Waals surface area contributed by atoms with Crippen molar-refractivity contribution in [3.63, 3.8) is 0 Å². The van der Waals surface area contributed by atoms with Gasteiger partial charge in [0.25, 0.3) is 0 Å². The van der Waals surface area contributed by atoms with Gasteiger partial charge in [0.2, 0.25) is 0 Å². The van der Waals surface area contributed by atoms with Crippen molar-refractivity contribution in [1.82, 2.24) is 14.9 Å². The summed E-state index contributed by atoms with van der Waals surface area (Å²) in [6, 6.07) is 0. The first-order valence-electron chi connectivity index (χ1n) is 7.56. The standard InChI is InChI=1S/C15H25N3/c1-12-2-4-13(5-3-12)7-9-18-11-17-14-10-16-8-6-15(14)18/h11-13,16H,2-10H2,1H3. The molecule has 0 bridgehead atoms. The molecule has 1 saturated carbocycles. The lowest BCUT2D eigenvalue weighted by Gasteiger charge is -2.26. The van der Waals surface area contributed by atoms with Crippen molar-refractivity contribution in [1.29, 1.82) is 0 Å². The van der Waals surface area contributed by atoms with Crippen molar-refractivity contribution >= 4 is 0 Å². The zero-order valence-electron chi connectivity index (χ0n) is 11.5. The molecule has 3 heteroatoms. The van der Waals surface area contributed by atoms with Crippen LogP contribution in [0.25, 0.3) is 0 Å². The summed E-state index contributed by atoms with van der Waals surface area (Å²) in [5, 5.41) is 3.39. The van der Waals surface area contributed by atoms with Crippen LogP contribution >= 0.6 is 0 Å². The molecule has 0 radical (unpaired) electrons. The third-order valence-electron chi connectivity index (χ3n) is 4.78. The molecule has 1 aromatic rings. The molecule has 1 N–H and O–H groups in total. The highest BCUT2D eigenvalue weighted by atomic mass is 15.1. The second-order valence-electron chi connectivity index (χ2n) is 6.17. The van der Waals surface area contributed by atoms with E-state index in [4.69, 9.17) is 0 Å². The van der Waals surface area contributed by atoms with Gasteiger partial charge >= 0.3 is 0 Å². The van der Waals surface area contributed by atoms with Crippen LogP contribution in [0.4, 0.5) is 0 Å². The Kier molecular flexibility index (Phi) is 3.69. The van der Waals surface area contributed by atoms with E-state index >= 15 is 0 Å². The molecule has 0 amide bonds. The van der Waals surface area contributed by atoms with Crippen LogP contribution in [0, 0.1) is 11.8 Å². The predicted molar refractivity (Wildman–Crippen MR) is 73.4 cm³/mol. The Morgan fingerprint density at radius 2 is 2.17 bits per heavy atom. The molecule has 1 aromatic heterocycles. The summed E-state index contributed by atoms with van der Waals surface area (Å²) < 4.78 is 2.41. The van der Waals surface area contributed by atoms with Crippen molar-refractivity contribution < 1.29 is 0 Å². The van der Waals surface area contributed by atoms with Crippen LogP contribution in [-0.4, -0.2) is 16.1 Å². The van der Waals surface area contributed by atoms with E-state index in [0.29, 0.717) is 0 Å². The Morgan fingerprint density at radius 1 is 1.33 bits per heavy atom. The molecule has 3 nitrogen and oxygen atoms in total. The number of aryl methyl sites for hydroxylation is 1. The molecule has 1 aliphatic heterocycles. The van der Waals surface area contributed by atoms with Crippen LogP contribution in [0.15, 0.2) is 6.33 Å². The molecule has 0 unspecified atom stereocenters. The van der Waals surface area contributed by atoms with Crippen molar-refractivity contribution in [2.24, 2.45) is 11.8 Å². The molecule has 3 rings (SSSR count). The number of nitrogens with zero attached hydrogens (tertiary/aromatic N) is 2. The van der Waals surface area contributed by atoms with Crippen LogP contribution in [0.2, 0.25) is 0 Å². The predicted octanol–water partition coefficient (Wildman–Crippen LogP) is 2.75. The summed E-state index contributed by atoms with van der Waals surface area (Å²) in [6.07, 6.45) is 10.3. The first-order valence-corrected chi connectivity index (χ1v) is 7.56. The van der Waals surface area contributed by atoms with Crippen molar-refractivity contribution in [2.45, 2.75) is 58.5 Å². The van der Waals surface area contributed by atoms with Crippen LogP contribution < -0.4 is 5.32 Å². The minimum atomic E-state index is 0.959. The van der Waals surface area contributed by atoms with E-state index < -0.39 is 0 Å². The normalized spacial score (nSPS) is 28.1. The summed E-state index contributed by atoms with van der Waals surface area (Å²) in [5.41, 5.74) is 2.76. The number of hydrogen-bond donors (Lipinski definition) is 1. The number of aromatic nitrogens is 2. The molecular formula is C15H25N3.